The predicted molar refractivity (Wildman–Crippen MR) is 250 cm³/mol. The SMILES string of the molecule is C=CC(=O)OC(C(OC(=O)C=C)C(OC(=O)C=C)(c1ccc2ccccc2c1)c1ccc2ccccc2c1)C(OC(=O)C=C)(c1ccc2ccccc2c1)c1ccc2ccccc2c1. The normalized spacial score (nSPS) is 12.4. The smallest absolute Gasteiger partial charge is 0.331 e. The molecule has 0 spiro atoms. The van der Waals surface area contributed by atoms with Crippen molar-refractivity contribution in [3.63, 3.8) is 0 Å². The Balaban J connectivity index is 1.59. The maximum absolute atomic E-state index is 14.2. The van der Waals surface area contributed by atoms with E-state index in [1.165, 1.54) is 0 Å². The van der Waals surface area contributed by atoms with Gasteiger partial charge in [-0.25, -0.2) is 19.2 Å². The van der Waals surface area contributed by atoms with E-state index in [1.807, 2.05) is 146 Å². The number of ether oxygens (including phenoxy) is 4. The fourth-order valence-electron chi connectivity index (χ4n) is 8.49. The number of fused-ring (bicyclic) bond motifs is 4. The molecule has 2 atom stereocenters. The molecule has 8 nitrogen and oxygen atoms in total. The molecule has 0 saturated carbocycles. The zero-order valence-corrected chi connectivity index (χ0v) is 34.7. The lowest BCUT2D eigenvalue weighted by atomic mass is 9.70. The molecule has 314 valence electrons. The van der Waals surface area contributed by atoms with E-state index in [4.69, 9.17) is 18.9 Å². The van der Waals surface area contributed by atoms with Crippen LogP contribution in [-0.2, 0) is 49.3 Å². The summed E-state index contributed by atoms with van der Waals surface area (Å²) in [4.78, 5) is 56.9. The van der Waals surface area contributed by atoms with Gasteiger partial charge in [-0.3, -0.25) is 0 Å². The summed E-state index contributed by atoms with van der Waals surface area (Å²) in [7, 11) is 0. The Kier molecular flexibility index (Phi) is 11.9. The van der Waals surface area contributed by atoms with Gasteiger partial charge >= 0.3 is 23.9 Å². The number of benzene rings is 8. The van der Waals surface area contributed by atoms with Crippen molar-refractivity contribution in [1.29, 1.82) is 0 Å². The molecule has 0 N–H and O–H groups in total. The minimum atomic E-state index is -2.23. The molecule has 64 heavy (non-hydrogen) atoms. The third-order valence-corrected chi connectivity index (χ3v) is 11.5. The Morgan fingerprint density at radius 2 is 0.578 bits per heavy atom. The zero-order valence-electron chi connectivity index (χ0n) is 34.7. The zero-order chi connectivity index (χ0) is 44.8. The summed E-state index contributed by atoms with van der Waals surface area (Å²) >= 11 is 0. The highest BCUT2D eigenvalue weighted by Gasteiger charge is 2.62. The standard InChI is InChI=1S/C56H42O8/c1-5-49(57)61-53(55(63-51(59)7-3,45-29-25-37-17-9-13-21-41(37)33-45)46-30-26-38-18-10-14-22-42(38)34-46)54(62-50(58)6-2)56(64-52(60)8-4,47-31-27-39-19-11-15-23-43(39)35-47)48-32-28-40-20-12-16-24-44(40)36-48/h5-36,53-54H,1-4H2. The molecule has 0 aliphatic rings. The molecule has 8 aromatic rings. The molecule has 0 aliphatic carbocycles. The van der Waals surface area contributed by atoms with Crippen molar-refractivity contribution in [3.05, 3.63) is 243 Å². The summed E-state index contributed by atoms with van der Waals surface area (Å²) in [6.45, 7) is 14.9. The fourth-order valence-corrected chi connectivity index (χ4v) is 8.49. The molecule has 8 rings (SSSR count). The average Bonchev–Trinajstić information content (AvgIpc) is 3.35. The molecular weight excluding hydrogens is 801 g/mol. The fraction of sp³-hybridized carbons (Fsp3) is 0.0714. The summed E-state index contributed by atoms with van der Waals surface area (Å²) in [6.07, 6.45) is 0.0532. The topological polar surface area (TPSA) is 105 Å². The van der Waals surface area contributed by atoms with Gasteiger partial charge in [-0.15, -0.1) is 0 Å². The van der Waals surface area contributed by atoms with Gasteiger partial charge in [-0.1, -0.05) is 172 Å². The Labute approximate surface area is 370 Å². The number of esters is 4. The number of carbonyl (C=O) groups excluding carboxylic acids is 4. The molecule has 0 aromatic heterocycles. The van der Waals surface area contributed by atoms with Crippen LogP contribution in [0.15, 0.2) is 220 Å². The summed E-state index contributed by atoms with van der Waals surface area (Å²) < 4.78 is 26.7. The number of carbonyl (C=O) groups is 4. The largest absolute Gasteiger partial charge is 0.450 e. The van der Waals surface area contributed by atoms with Crippen molar-refractivity contribution in [3.8, 4) is 0 Å². The Morgan fingerprint density at radius 3 is 0.812 bits per heavy atom. The lowest BCUT2D eigenvalue weighted by Crippen LogP contribution is -2.61. The second-order valence-corrected chi connectivity index (χ2v) is 15.1. The summed E-state index contributed by atoms with van der Waals surface area (Å²) in [6, 6.07) is 51.9. The lowest BCUT2D eigenvalue weighted by Gasteiger charge is -2.48. The highest BCUT2D eigenvalue weighted by molar-refractivity contribution is 5.90. The molecule has 0 aliphatic heterocycles. The van der Waals surface area contributed by atoms with Crippen molar-refractivity contribution in [2.75, 3.05) is 0 Å². The first kappa shape index (κ1) is 42.3. The molecule has 8 aromatic carbocycles. The molecule has 8 heteroatoms. The van der Waals surface area contributed by atoms with E-state index in [0.29, 0.717) is 22.3 Å². The second kappa shape index (κ2) is 17.9. The van der Waals surface area contributed by atoms with Crippen molar-refractivity contribution in [2.24, 2.45) is 0 Å². The molecule has 0 saturated heterocycles. The van der Waals surface area contributed by atoms with E-state index in [2.05, 4.69) is 26.3 Å². The van der Waals surface area contributed by atoms with Gasteiger partial charge < -0.3 is 18.9 Å². The van der Waals surface area contributed by atoms with Gasteiger partial charge in [-0.05, 0) is 67.4 Å². The lowest BCUT2D eigenvalue weighted by molar-refractivity contribution is -0.221. The minimum absolute atomic E-state index is 0.305. The molecule has 0 amide bonds. The Morgan fingerprint density at radius 1 is 0.344 bits per heavy atom. The van der Waals surface area contributed by atoms with E-state index < -0.39 is 47.3 Å². The van der Waals surface area contributed by atoms with Crippen molar-refractivity contribution < 1.29 is 38.1 Å². The van der Waals surface area contributed by atoms with Crippen LogP contribution in [0.25, 0.3) is 43.1 Å². The number of hydrogen-bond acceptors (Lipinski definition) is 8. The maximum atomic E-state index is 14.2. The van der Waals surface area contributed by atoms with Crippen LogP contribution >= 0.6 is 0 Å². The number of hydrogen-bond donors (Lipinski definition) is 0. The van der Waals surface area contributed by atoms with Gasteiger partial charge in [0.2, 0.25) is 11.2 Å². The van der Waals surface area contributed by atoms with Gasteiger partial charge in [0, 0.05) is 46.6 Å². The monoisotopic (exact) mass is 842 g/mol. The van der Waals surface area contributed by atoms with Crippen LogP contribution in [0.2, 0.25) is 0 Å². The van der Waals surface area contributed by atoms with Gasteiger partial charge in [0.05, 0.1) is 0 Å². The van der Waals surface area contributed by atoms with Gasteiger partial charge in [0.25, 0.3) is 0 Å². The van der Waals surface area contributed by atoms with Gasteiger partial charge in [0.15, 0.2) is 12.2 Å². The molecule has 0 heterocycles. The summed E-state index contributed by atoms with van der Waals surface area (Å²) in [5, 5.41) is 6.36. The van der Waals surface area contributed by atoms with Crippen LogP contribution in [0.4, 0.5) is 0 Å². The third-order valence-electron chi connectivity index (χ3n) is 11.5. The Bertz CT molecular complexity index is 2790. The van der Waals surface area contributed by atoms with Crippen molar-refractivity contribution >= 4 is 67.0 Å². The first-order valence-corrected chi connectivity index (χ1v) is 20.5. The van der Waals surface area contributed by atoms with Crippen LogP contribution in [0, 0.1) is 0 Å². The molecule has 0 fully saturated rings. The van der Waals surface area contributed by atoms with Crippen LogP contribution < -0.4 is 0 Å². The second-order valence-electron chi connectivity index (χ2n) is 15.1. The minimum Gasteiger partial charge on any atom is -0.450 e. The molecule has 0 radical (unpaired) electrons. The average molecular weight is 843 g/mol. The van der Waals surface area contributed by atoms with Gasteiger partial charge in [-0.2, -0.15) is 0 Å². The summed E-state index contributed by atoms with van der Waals surface area (Å²) in [5.41, 5.74) is -3.25. The van der Waals surface area contributed by atoms with Crippen molar-refractivity contribution in [1.82, 2.24) is 0 Å². The maximum Gasteiger partial charge on any atom is 0.331 e. The predicted octanol–water partition coefficient (Wildman–Crippen LogP) is 11.1. The highest BCUT2D eigenvalue weighted by Crippen LogP contribution is 2.50. The molecule has 0 bridgehead atoms. The van der Waals surface area contributed by atoms with Crippen LogP contribution in [-0.4, -0.2) is 36.1 Å². The Hall–Kier alpha value is -8.36. The molecule has 2 unspecified atom stereocenters. The quantitative estimate of drug-likeness (QED) is 0.0571. The molecular formula is C56H42O8. The first-order valence-electron chi connectivity index (χ1n) is 20.5. The highest BCUT2D eigenvalue weighted by atomic mass is 16.6. The van der Waals surface area contributed by atoms with Crippen molar-refractivity contribution in [2.45, 2.75) is 23.4 Å². The summed E-state index contributed by atoms with van der Waals surface area (Å²) in [5.74, 6) is -3.79. The third kappa shape index (κ3) is 7.85. The van der Waals surface area contributed by atoms with Crippen LogP contribution in [0.5, 0.6) is 0 Å². The van der Waals surface area contributed by atoms with Gasteiger partial charge in [0.1, 0.15) is 0 Å². The van der Waals surface area contributed by atoms with E-state index in [9.17, 15) is 19.2 Å². The van der Waals surface area contributed by atoms with E-state index >= 15 is 0 Å². The van der Waals surface area contributed by atoms with Crippen LogP contribution in [0.3, 0.4) is 0 Å². The van der Waals surface area contributed by atoms with Crippen LogP contribution in [0.1, 0.15) is 22.3 Å². The first-order chi connectivity index (χ1) is 31.1. The van der Waals surface area contributed by atoms with E-state index in [-0.39, 0.29) is 0 Å². The van der Waals surface area contributed by atoms with E-state index in [0.717, 1.165) is 67.4 Å². The van der Waals surface area contributed by atoms with E-state index in [1.54, 1.807) is 24.3 Å². The number of rotatable bonds is 15.